The van der Waals surface area contributed by atoms with Crippen LogP contribution in [0.1, 0.15) is 50.4 Å². The zero-order valence-electron chi connectivity index (χ0n) is 15.9. The molecule has 1 aromatic carbocycles. The molecule has 27 heavy (non-hydrogen) atoms. The lowest BCUT2D eigenvalue weighted by Crippen LogP contribution is -2.17. The Labute approximate surface area is 157 Å². The molecule has 0 atom stereocenters. The van der Waals surface area contributed by atoms with E-state index in [2.05, 4.69) is 17.2 Å². The van der Waals surface area contributed by atoms with Crippen LogP contribution in [0.15, 0.2) is 24.3 Å². The summed E-state index contributed by atoms with van der Waals surface area (Å²) in [5.74, 6) is -0.265. The minimum Gasteiger partial charge on any atom is -0.462 e. The highest BCUT2D eigenvalue weighted by Crippen LogP contribution is 2.31. The second-order valence-electron chi connectivity index (χ2n) is 6.24. The van der Waals surface area contributed by atoms with Gasteiger partial charge in [0.05, 0.1) is 17.6 Å². The number of benzene rings is 1. The van der Waals surface area contributed by atoms with E-state index >= 15 is 0 Å². The average Bonchev–Trinajstić information content (AvgIpc) is 2.96. The maximum absolute atomic E-state index is 12.7. The minimum atomic E-state index is -0.506. The van der Waals surface area contributed by atoms with Crippen LogP contribution in [-0.2, 0) is 16.1 Å². The third kappa shape index (κ3) is 3.63. The number of unbranched alkanes of at least 4 members (excludes halogenated alkanes) is 1. The van der Waals surface area contributed by atoms with Crippen LogP contribution in [0.2, 0.25) is 0 Å². The van der Waals surface area contributed by atoms with Crippen molar-refractivity contribution in [2.45, 2.75) is 46.6 Å². The van der Waals surface area contributed by atoms with E-state index in [1.165, 1.54) is 0 Å². The van der Waals surface area contributed by atoms with Crippen molar-refractivity contribution in [2.24, 2.45) is 0 Å². The SMILES string of the molecule is CCCCn1c(NC(=O)CC)c(C(=O)OCC)c2nc3ccccc3nc21. The minimum absolute atomic E-state index is 0.175. The number of carbonyl (C=O) groups is 2. The summed E-state index contributed by atoms with van der Waals surface area (Å²) in [7, 11) is 0. The highest BCUT2D eigenvalue weighted by Gasteiger charge is 2.27. The number of ether oxygens (including phenoxy) is 1. The molecule has 7 nitrogen and oxygen atoms in total. The van der Waals surface area contributed by atoms with E-state index in [4.69, 9.17) is 9.72 Å². The molecule has 0 unspecified atom stereocenters. The molecule has 3 aromatic rings. The first-order valence-electron chi connectivity index (χ1n) is 9.36. The van der Waals surface area contributed by atoms with Gasteiger partial charge < -0.3 is 14.6 Å². The first kappa shape index (κ1) is 18.8. The number of para-hydroxylation sites is 2. The van der Waals surface area contributed by atoms with Crippen LogP contribution in [-0.4, -0.2) is 33.0 Å². The first-order chi connectivity index (χ1) is 13.1. The molecule has 1 N–H and O–H groups in total. The number of hydrogen-bond acceptors (Lipinski definition) is 5. The van der Waals surface area contributed by atoms with E-state index < -0.39 is 5.97 Å². The van der Waals surface area contributed by atoms with Gasteiger partial charge in [0.2, 0.25) is 5.91 Å². The fourth-order valence-corrected chi connectivity index (χ4v) is 2.98. The van der Waals surface area contributed by atoms with Gasteiger partial charge in [-0.15, -0.1) is 0 Å². The van der Waals surface area contributed by atoms with Gasteiger partial charge in [-0.3, -0.25) is 4.79 Å². The van der Waals surface area contributed by atoms with Gasteiger partial charge in [-0.2, -0.15) is 0 Å². The smallest absolute Gasteiger partial charge is 0.344 e. The Hall–Kier alpha value is -2.96. The summed E-state index contributed by atoms with van der Waals surface area (Å²) in [6, 6.07) is 7.51. The molecule has 0 saturated heterocycles. The van der Waals surface area contributed by atoms with Gasteiger partial charge in [-0.1, -0.05) is 32.4 Å². The van der Waals surface area contributed by atoms with Gasteiger partial charge in [-0.25, -0.2) is 14.8 Å². The molecule has 0 bridgehead atoms. The summed E-state index contributed by atoms with van der Waals surface area (Å²) in [6.07, 6.45) is 2.16. The Morgan fingerprint density at radius 1 is 1.11 bits per heavy atom. The van der Waals surface area contributed by atoms with E-state index in [0.29, 0.717) is 35.5 Å². The zero-order valence-corrected chi connectivity index (χ0v) is 15.9. The molecule has 0 radical (unpaired) electrons. The topological polar surface area (TPSA) is 86.1 Å². The molecule has 1 amide bonds. The number of nitrogens with zero attached hydrogens (tertiary/aromatic N) is 3. The Morgan fingerprint density at radius 3 is 2.44 bits per heavy atom. The molecule has 0 spiro atoms. The van der Waals surface area contributed by atoms with Crippen LogP contribution >= 0.6 is 0 Å². The zero-order chi connectivity index (χ0) is 19.4. The molecule has 0 aliphatic heterocycles. The highest BCUT2D eigenvalue weighted by atomic mass is 16.5. The van der Waals surface area contributed by atoms with Crippen LogP contribution in [0, 0.1) is 0 Å². The average molecular weight is 368 g/mol. The molecule has 2 aromatic heterocycles. The third-order valence-corrected chi connectivity index (χ3v) is 4.35. The summed E-state index contributed by atoms with van der Waals surface area (Å²) >= 11 is 0. The van der Waals surface area contributed by atoms with E-state index in [9.17, 15) is 9.59 Å². The number of fused-ring (bicyclic) bond motifs is 2. The van der Waals surface area contributed by atoms with Crippen molar-refractivity contribution in [3.05, 3.63) is 29.8 Å². The van der Waals surface area contributed by atoms with Crippen LogP contribution in [0.4, 0.5) is 5.82 Å². The van der Waals surface area contributed by atoms with Crippen molar-refractivity contribution in [1.82, 2.24) is 14.5 Å². The van der Waals surface area contributed by atoms with E-state index in [1.807, 2.05) is 28.8 Å². The van der Waals surface area contributed by atoms with E-state index in [-0.39, 0.29) is 18.1 Å². The van der Waals surface area contributed by atoms with Gasteiger partial charge in [0.25, 0.3) is 0 Å². The Bertz CT molecular complexity index is 994. The van der Waals surface area contributed by atoms with Gasteiger partial charge in [-0.05, 0) is 25.5 Å². The van der Waals surface area contributed by atoms with E-state index in [1.54, 1.807) is 13.8 Å². The number of nitrogens with one attached hydrogen (secondary N) is 1. The molecule has 0 aliphatic carbocycles. The van der Waals surface area contributed by atoms with Crippen LogP contribution in [0.3, 0.4) is 0 Å². The molecular weight excluding hydrogens is 344 g/mol. The third-order valence-electron chi connectivity index (χ3n) is 4.35. The molecule has 142 valence electrons. The lowest BCUT2D eigenvalue weighted by atomic mass is 10.2. The molecule has 0 saturated carbocycles. The number of carbonyl (C=O) groups excluding carboxylic acids is 2. The monoisotopic (exact) mass is 368 g/mol. The predicted octanol–water partition coefficient (Wildman–Crippen LogP) is 3.91. The van der Waals surface area contributed by atoms with Crippen LogP contribution in [0.5, 0.6) is 0 Å². The molecule has 3 rings (SSSR count). The normalized spacial score (nSPS) is 11.1. The number of esters is 1. The summed E-state index contributed by atoms with van der Waals surface area (Å²) in [6.45, 7) is 6.47. The quantitative estimate of drug-likeness (QED) is 0.639. The van der Waals surface area contributed by atoms with Crippen molar-refractivity contribution >= 4 is 39.9 Å². The van der Waals surface area contributed by atoms with Crippen LogP contribution < -0.4 is 5.32 Å². The Morgan fingerprint density at radius 2 is 1.81 bits per heavy atom. The predicted molar refractivity (Wildman–Crippen MR) is 105 cm³/mol. The Kier molecular flexibility index (Phi) is 5.69. The molecule has 7 heteroatoms. The standard InChI is InChI=1S/C20H24N4O3/c1-4-7-12-24-18(23-15(25)5-2)16(20(26)27-6-3)17-19(24)22-14-11-9-8-10-13(14)21-17/h8-11H,4-7,12H2,1-3H3,(H,23,25). The van der Waals surface area contributed by atoms with Crippen LogP contribution in [0.25, 0.3) is 22.2 Å². The first-order valence-corrected chi connectivity index (χ1v) is 9.36. The lowest BCUT2D eigenvalue weighted by Gasteiger charge is -2.11. The van der Waals surface area contributed by atoms with Crippen molar-refractivity contribution in [2.75, 3.05) is 11.9 Å². The summed E-state index contributed by atoms with van der Waals surface area (Å²) < 4.78 is 7.12. The lowest BCUT2D eigenvalue weighted by molar-refractivity contribution is -0.115. The number of aromatic nitrogens is 3. The number of hydrogen-bond donors (Lipinski definition) is 1. The highest BCUT2D eigenvalue weighted by molar-refractivity contribution is 6.11. The summed E-state index contributed by atoms with van der Waals surface area (Å²) in [5, 5.41) is 2.86. The van der Waals surface area contributed by atoms with Gasteiger partial charge >= 0.3 is 5.97 Å². The van der Waals surface area contributed by atoms with Crippen molar-refractivity contribution in [3.8, 4) is 0 Å². The molecule has 0 aliphatic rings. The second kappa shape index (κ2) is 8.16. The molecular formula is C20H24N4O3. The maximum Gasteiger partial charge on any atom is 0.344 e. The number of rotatable bonds is 7. The van der Waals surface area contributed by atoms with Gasteiger partial charge in [0, 0.05) is 13.0 Å². The van der Waals surface area contributed by atoms with Crippen molar-refractivity contribution < 1.29 is 14.3 Å². The maximum atomic E-state index is 12.7. The van der Waals surface area contributed by atoms with Gasteiger partial charge in [0.15, 0.2) is 5.65 Å². The fraction of sp³-hybridized carbons (Fsp3) is 0.400. The molecule has 0 fully saturated rings. The Balaban J connectivity index is 2.33. The number of aryl methyl sites for hydroxylation is 1. The summed E-state index contributed by atoms with van der Waals surface area (Å²) in [5.41, 5.74) is 2.73. The second-order valence-corrected chi connectivity index (χ2v) is 6.24. The number of amides is 1. The largest absolute Gasteiger partial charge is 0.462 e. The van der Waals surface area contributed by atoms with Gasteiger partial charge in [0.1, 0.15) is 16.9 Å². The van der Waals surface area contributed by atoms with Crippen molar-refractivity contribution in [1.29, 1.82) is 0 Å². The fourth-order valence-electron chi connectivity index (χ4n) is 2.98. The summed E-state index contributed by atoms with van der Waals surface area (Å²) in [4.78, 5) is 34.2. The number of anilines is 1. The van der Waals surface area contributed by atoms with Crippen molar-refractivity contribution in [3.63, 3.8) is 0 Å². The molecule has 2 heterocycles. The van der Waals surface area contributed by atoms with E-state index in [0.717, 1.165) is 18.4 Å².